The molecule has 178 valence electrons. The number of allylic oxidation sites excluding steroid dienone is 1. The Morgan fingerprint density at radius 2 is 1.77 bits per heavy atom. The van der Waals surface area contributed by atoms with Crippen molar-refractivity contribution in [2.24, 2.45) is 18.1 Å². The summed E-state index contributed by atoms with van der Waals surface area (Å²) in [6.07, 6.45) is 7.74. The van der Waals surface area contributed by atoms with Crippen LogP contribution in [0.4, 0.5) is 0 Å². The Kier molecular flexibility index (Phi) is 6.02. The van der Waals surface area contributed by atoms with Crippen molar-refractivity contribution >= 4 is 29.5 Å². The largest absolute Gasteiger partial charge is 0.309 e. The van der Waals surface area contributed by atoms with Crippen LogP contribution in [0.25, 0.3) is 6.08 Å². The maximum atomic E-state index is 13.6. The fourth-order valence-electron chi connectivity index (χ4n) is 5.28. The van der Waals surface area contributed by atoms with Crippen molar-refractivity contribution in [3.05, 3.63) is 83.2 Å². The van der Waals surface area contributed by atoms with Crippen LogP contribution in [0, 0.1) is 5.92 Å². The second kappa shape index (κ2) is 9.46. The van der Waals surface area contributed by atoms with Gasteiger partial charge in [-0.25, -0.2) is 5.01 Å². The third kappa shape index (κ3) is 4.45. The molecule has 0 radical (unpaired) electrons. The third-order valence-corrected chi connectivity index (χ3v) is 8.18. The van der Waals surface area contributed by atoms with Crippen LogP contribution in [0.15, 0.2) is 76.5 Å². The van der Waals surface area contributed by atoms with E-state index in [0.717, 1.165) is 41.5 Å². The average molecular weight is 484 g/mol. The summed E-state index contributed by atoms with van der Waals surface area (Å²) >= 11 is 1.46. The quantitative estimate of drug-likeness (QED) is 0.428. The van der Waals surface area contributed by atoms with Gasteiger partial charge in [-0.3, -0.25) is 4.79 Å². The minimum Gasteiger partial charge on any atom is -0.309 e. The van der Waals surface area contributed by atoms with E-state index in [2.05, 4.69) is 52.7 Å². The third-order valence-electron chi connectivity index (χ3n) is 7.17. The van der Waals surface area contributed by atoms with Crippen molar-refractivity contribution in [2.45, 2.75) is 49.2 Å². The number of thioether (sulfide) groups is 1. The van der Waals surface area contributed by atoms with Gasteiger partial charge in [-0.2, -0.15) is 5.10 Å². The molecule has 3 aliphatic rings. The normalized spacial score (nSPS) is 22.8. The van der Waals surface area contributed by atoms with Crippen LogP contribution < -0.4 is 0 Å². The number of benzene rings is 2. The number of amides is 1. The van der Waals surface area contributed by atoms with Crippen molar-refractivity contribution in [1.29, 1.82) is 0 Å². The molecule has 2 fully saturated rings. The van der Waals surface area contributed by atoms with Gasteiger partial charge >= 0.3 is 0 Å². The topological polar surface area (TPSA) is 63.4 Å². The molecule has 0 spiro atoms. The van der Waals surface area contributed by atoms with Crippen molar-refractivity contribution in [2.75, 3.05) is 5.75 Å². The standard InChI is InChI=1S/C28H29N5OS/c1-32-27(21-15-16-21)29-30-28(32)35-18-24(34)33-26(20-11-6-3-7-12-20)23-14-8-13-22(25(23)31-33)17-19-9-4-2-5-10-19/h2-7,9-12,17,21,23,26H,8,13-16,18H2,1H3/b22-17+. The van der Waals surface area contributed by atoms with Gasteiger partial charge in [0.2, 0.25) is 0 Å². The fourth-order valence-corrected chi connectivity index (χ4v) is 6.05. The zero-order valence-corrected chi connectivity index (χ0v) is 20.7. The summed E-state index contributed by atoms with van der Waals surface area (Å²) < 4.78 is 2.04. The molecule has 1 amide bonds. The molecule has 1 aliphatic heterocycles. The van der Waals surface area contributed by atoms with Gasteiger partial charge in [-0.05, 0) is 54.9 Å². The van der Waals surface area contributed by atoms with Crippen molar-refractivity contribution in [1.82, 2.24) is 19.8 Å². The van der Waals surface area contributed by atoms with Gasteiger partial charge in [0.15, 0.2) is 5.16 Å². The molecule has 2 saturated carbocycles. The molecule has 1 aromatic heterocycles. The number of hydrogen-bond donors (Lipinski definition) is 0. The first kappa shape index (κ1) is 22.3. The molecule has 7 heteroatoms. The maximum absolute atomic E-state index is 13.6. The number of hydrogen-bond acceptors (Lipinski definition) is 5. The van der Waals surface area contributed by atoms with Gasteiger partial charge in [0, 0.05) is 18.9 Å². The highest BCUT2D eigenvalue weighted by Crippen LogP contribution is 2.45. The van der Waals surface area contributed by atoms with E-state index in [1.54, 1.807) is 5.01 Å². The van der Waals surface area contributed by atoms with Crippen LogP contribution in [-0.2, 0) is 11.8 Å². The number of hydrazone groups is 1. The summed E-state index contributed by atoms with van der Waals surface area (Å²) in [6, 6.07) is 20.7. The van der Waals surface area contributed by atoms with Crippen LogP contribution in [0.5, 0.6) is 0 Å². The van der Waals surface area contributed by atoms with Crippen LogP contribution in [0.1, 0.15) is 61.0 Å². The van der Waals surface area contributed by atoms with Gasteiger partial charge in [-0.15, -0.1) is 10.2 Å². The summed E-state index contributed by atoms with van der Waals surface area (Å²) in [5, 5.41) is 16.3. The van der Waals surface area contributed by atoms with Gasteiger partial charge in [0.25, 0.3) is 5.91 Å². The Morgan fingerprint density at radius 1 is 1.03 bits per heavy atom. The number of carbonyl (C=O) groups excluding carboxylic acids is 1. The molecular weight excluding hydrogens is 454 g/mol. The molecule has 6 rings (SSSR count). The minimum absolute atomic E-state index is 0.0146. The Hall–Kier alpha value is -3.19. The second-order valence-corrected chi connectivity index (χ2v) is 10.6. The van der Waals surface area contributed by atoms with E-state index in [9.17, 15) is 4.79 Å². The molecule has 2 unspecified atom stereocenters. The number of nitrogens with zero attached hydrogens (tertiary/aromatic N) is 5. The molecule has 0 bridgehead atoms. The highest BCUT2D eigenvalue weighted by atomic mass is 32.2. The number of aromatic nitrogens is 3. The summed E-state index contributed by atoms with van der Waals surface area (Å²) in [5.74, 6) is 2.08. The lowest BCUT2D eigenvalue weighted by Crippen LogP contribution is -2.32. The molecule has 2 atom stereocenters. The molecule has 6 nitrogen and oxygen atoms in total. The Morgan fingerprint density at radius 3 is 2.51 bits per heavy atom. The van der Waals surface area contributed by atoms with Crippen LogP contribution >= 0.6 is 11.8 Å². The number of rotatable bonds is 6. The first-order valence-electron chi connectivity index (χ1n) is 12.4. The van der Waals surface area contributed by atoms with E-state index >= 15 is 0 Å². The van der Waals surface area contributed by atoms with Gasteiger partial charge in [0.05, 0.1) is 17.5 Å². The predicted octanol–water partition coefficient (Wildman–Crippen LogP) is 5.61. The molecule has 3 aromatic rings. The van der Waals surface area contributed by atoms with Crippen molar-refractivity contribution in [3.63, 3.8) is 0 Å². The summed E-state index contributed by atoms with van der Waals surface area (Å²) in [7, 11) is 2.00. The molecule has 35 heavy (non-hydrogen) atoms. The molecule has 2 aliphatic carbocycles. The predicted molar refractivity (Wildman–Crippen MR) is 139 cm³/mol. The zero-order chi connectivity index (χ0) is 23.8. The lowest BCUT2D eigenvalue weighted by Gasteiger charge is -2.29. The lowest BCUT2D eigenvalue weighted by molar-refractivity contribution is -0.130. The SMILES string of the molecule is Cn1c(SCC(=O)N2N=C3/C(=C/c4ccccc4)CCCC3C2c2ccccc2)nnc1C1CC1. The van der Waals surface area contributed by atoms with Gasteiger partial charge in [-0.1, -0.05) is 72.4 Å². The lowest BCUT2D eigenvalue weighted by atomic mass is 9.77. The molecule has 2 aromatic carbocycles. The smallest absolute Gasteiger partial charge is 0.253 e. The molecule has 0 N–H and O–H groups in total. The maximum Gasteiger partial charge on any atom is 0.253 e. The zero-order valence-electron chi connectivity index (χ0n) is 19.9. The molecule has 2 heterocycles. The monoisotopic (exact) mass is 483 g/mol. The second-order valence-electron chi connectivity index (χ2n) is 9.62. The van der Waals surface area contributed by atoms with Crippen LogP contribution in [-0.4, -0.2) is 37.1 Å². The number of fused-ring (bicyclic) bond motifs is 1. The molecular formula is C28H29N5OS. The summed E-state index contributed by atoms with van der Waals surface area (Å²) in [5.41, 5.74) is 4.64. The minimum atomic E-state index is -0.0692. The van der Waals surface area contributed by atoms with E-state index < -0.39 is 0 Å². The average Bonchev–Trinajstić information content (AvgIpc) is 3.55. The Bertz CT molecular complexity index is 1280. The first-order chi connectivity index (χ1) is 17.2. The summed E-state index contributed by atoms with van der Waals surface area (Å²) in [6.45, 7) is 0. The number of carbonyl (C=O) groups is 1. The molecule has 0 saturated heterocycles. The Labute approximate surface area is 210 Å². The highest BCUT2D eigenvalue weighted by molar-refractivity contribution is 7.99. The first-order valence-corrected chi connectivity index (χ1v) is 13.4. The van der Waals surface area contributed by atoms with Crippen LogP contribution in [0.2, 0.25) is 0 Å². The van der Waals surface area contributed by atoms with E-state index in [4.69, 9.17) is 5.10 Å². The van der Waals surface area contributed by atoms with Gasteiger partial charge in [0.1, 0.15) is 5.82 Å². The fraction of sp³-hybridized carbons (Fsp3) is 0.357. The van der Waals surface area contributed by atoms with E-state index in [1.165, 1.54) is 35.7 Å². The van der Waals surface area contributed by atoms with Crippen LogP contribution in [0.3, 0.4) is 0 Å². The van der Waals surface area contributed by atoms with E-state index in [1.807, 2.05) is 35.9 Å². The van der Waals surface area contributed by atoms with Crippen molar-refractivity contribution in [3.8, 4) is 0 Å². The Balaban J connectivity index is 1.28. The van der Waals surface area contributed by atoms with E-state index in [0.29, 0.717) is 11.7 Å². The van der Waals surface area contributed by atoms with Crippen molar-refractivity contribution < 1.29 is 4.79 Å². The summed E-state index contributed by atoms with van der Waals surface area (Å²) in [4.78, 5) is 13.6. The van der Waals surface area contributed by atoms with Gasteiger partial charge < -0.3 is 4.57 Å². The van der Waals surface area contributed by atoms with E-state index in [-0.39, 0.29) is 17.9 Å². The highest BCUT2D eigenvalue weighted by Gasteiger charge is 2.43.